The Balaban J connectivity index is 1.64. The molecule has 3 rings (SSSR count). The van der Waals surface area contributed by atoms with Gasteiger partial charge in [-0.25, -0.2) is 9.78 Å². The van der Waals surface area contributed by atoms with Crippen molar-refractivity contribution in [2.45, 2.75) is 39.2 Å². The van der Waals surface area contributed by atoms with Crippen molar-refractivity contribution >= 4 is 29.0 Å². The maximum atomic E-state index is 12.9. The monoisotopic (exact) mass is 430 g/mol. The average molecular weight is 431 g/mol. The second kappa shape index (κ2) is 10.5. The minimum Gasteiger partial charge on any atom is -0.383 e. The van der Waals surface area contributed by atoms with Gasteiger partial charge in [0.05, 0.1) is 13.2 Å². The van der Waals surface area contributed by atoms with Gasteiger partial charge >= 0.3 is 6.03 Å². The summed E-state index contributed by atoms with van der Waals surface area (Å²) < 4.78 is 5.16. The van der Waals surface area contributed by atoms with Crippen LogP contribution < -0.4 is 5.32 Å². The first-order valence-electron chi connectivity index (χ1n) is 10.4. The quantitative estimate of drug-likeness (QED) is 0.682. The van der Waals surface area contributed by atoms with E-state index in [4.69, 9.17) is 4.74 Å². The lowest BCUT2D eigenvalue weighted by molar-refractivity contribution is 0.0787. The Morgan fingerprint density at radius 2 is 1.93 bits per heavy atom. The van der Waals surface area contributed by atoms with Gasteiger partial charge in [0, 0.05) is 37.8 Å². The molecule has 1 aliphatic rings. The summed E-state index contributed by atoms with van der Waals surface area (Å²) in [4.78, 5) is 33.4. The fourth-order valence-electron chi connectivity index (χ4n) is 3.34. The number of hydrogen-bond donors (Lipinski definition) is 1. The lowest BCUT2D eigenvalue weighted by atomic mass is 10.0. The highest BCUT2D eigenvalue weighted by Crippen LogP contribution is 2.19. The number of aromatic nitrogens is 1. The van der Waals surface area contributed by atoms with Crippen molar-refractivity contribution in [2.24, 2.45) is 0 Å². The van der Waals surface area contributed by atoms with Crippen molar-refractivity contribution in [1.29, 1.82) is 0 Å². The first kappa shape index (κ1) is 22.2. The minimum absolute atomic E-state index is 0.0202. The largest absolute Gasteiger partial charge is 0.383 e. The normalized spacial score (nSPS) is 13.7. The van der Waals surface area contributed by atoms with Crippen molar-refractivity contribution in [3.63, 3.8) is 0 Å². The molecule has 30 heavy (non-hydrogen) atoms. The SMILES string of the molecule is COCCN(Cc1nc(C(=O)N2CCCC2)cs1)C(=O)Nc1ccc(C(C)C)cc1. The molecule has 162 valence electrons. The second-order valence-corrected chi connectivity index (χ2v) is 8.69. The third-order valence-corrected chi connectivity index (χ3v) is 6.00. The maximum Gasteiger partial charge on any atom is 0.322 e. The molecular weight excluding hydrogens is 400 g/mol. The molecule has 8 heteroatoms. The molecule has 0 radical (unpaired) electrons. The molecule has 2 aromatic rings. The van der Waals surface area contributed by atoms with E-state index in [0.29, 0.717) is 31.3 Å². The Hall–Kier alpha value is -2.45. The van der Waals surface area contributed by atoms with E-state index in [-0.39, 0.29) is 11.9 Å². The third-order valence-electron chi connectivity index (χ3n) is 5.17. The molecule has 1 saturated heterocycles. The van der Waals surface area contributed by atoms with E-state index < -0.39 is 0 Å². The van der Waals surface area contributed by atoms with Gasteiger partial charge in [-0.1, -0.05) is 26.0 Å². The molecule has 0 aliphatic carbocycles. The van der Waals surface area contributed by atoms with Gasteiger partial charge in [0.2, 0.25) is 0 Å². The third kappa shape index (κ3) is 5.79. The summed E-state index contributed by atoms with van der Waals surface area (Å²) in [5.41, 5.74) is 2.44. The highest BCUT2D eigenvalue weighted by Gasteiger charge is 2.23. The Morgan fingerprint density at radius 1 is 1.23 bits per heavy atom. The number of nitrogens with zero attached hydrogens (tertiary/aromatic N) is 3. The minimum atomic E-state index is -0.216. The number of nitrogens with one attached hydrogen (secondary N) is 1. The van der Waals surface area contributed by atoms with Crippen LogP contribution >= 0.6 is 11.3 Å². The second-order valence-electron chi connectivity index (χ2n) is 7.75. The number of urea groups is 1. The van der Waals surface area contributed by atoms with Gasteiger partial charge in [-0.15, -0.1) is 11.3 Å². The van der Waals surface area contributed by atoms with E-state index in [1.165, 1.54) is 16.9 Å². The Bertz CT molecular complexity index is 844. The molecule has 1 aliphatic heterocycles. The molecule has 2 heterocycles. The number of carbonyl (C=O) groups excluding carboxylic acids is 2. The van der Waals surface area contributed by atoms with Gasteiger partial charge in [-0.2, -0.15) is 0 Å². The Morgan fingerprint density at radius 3 is 2.57 bits per heavy atom. The molecule has 1 aromatic carbocycles. The molecule has 1 fully saturated rings. The molecule has 0 bridgehead atoms. The van der Waals surface area contributed by atoms with Crippen LogP contribution in [0.3, 0.4) is 0 Å². The zero-order valence-corrected chi connectivity index (χ0v) is 18.7. The molecule has 0 saturated carbocycles. The van der Waals surface area contributed by atoms with Crippen LogP contribution in [0.25, 0.3) is 0 Å². The topological polar surface area (TPSA) is 74.8 Å². The van der Waals surface area contributed by atoms with Crippen LogP contribution in [-0.4, -0.2) is 60.1 Å². The van der Waals surface area contributed by atoms with Crippen molar-refractivity contribution < 1.29 is 14.3 Å². The smallest absolute Gasteiger partial charge is 0.322 e. The number of methoxy groups -OCH3 is 1. The summed E-state index contributed by atoms with van der Waals surface area (Å²) in [6.07, 6.45) is 2.09. The summed E-state index contributed by atoms with van der Waals surface area (Å²) >= 11 is 1.41. The lowest BCUT2D eigenvalue weighted by Gasteiger charge is -2.22. The number of anilines is 1. The van der Waals surface area contributed by atoms with E-state index in [1.807, 2.05) is 29.2 Å². The molecule has 0 unspecified atom stereocenters. The molecule has 1 aromatic heterocycles. The predicted octanol–water partition coefficient (Wildman–Crippen LogP) is 4.18. The number of carbonyl (C=O) groups is 2. The fourth-order valence-corrected chi connectivity index (χ4v) is 4.12. The van der Waals surface area contributed by atoms with Gasteiger partial charge in [0.1, 0.15) is 10.7 Å². The van der Waals surface area contributed by atoms with E-state index in [9.17, 15) is 9.59 Å². The highest BCUT2D eigenvalue weighted by molar-refractivity contribution is 7.09. The molecule has 1 N–H and O–H groups in total. The van der Waals surface area contributed by atoms with Crippen LogP contribution in [0.2, 0.25) is 0 Å². The van der Waals surface area contributed by atoms with Crippen LogP contribution in [0.1, 0.15) is 53.7 Å². The number of rotatable bonds is 8. The number of hydrogen-bond acceptors (Lipinski definition) is 5. The molecule has 3 amide bonds. The van der Waals surface area contributed by atoms with Gasteiger partial charge < -0.3 is 19.9 Å². The zero-order chi connectivity index (χ0) is 21.5. The average Bonchev–Trinajstić information content (AvgIpc) is 3.43. The Labute approximate surface area is 182 Å². The van der Waals surface area contributed by atoms with Crippen LogP contribution in [0.4, 0.5) is 10.5 Å². The number of likely N-dealkylation sites (tertiary alicyclic amines) is 1. The molecular formula is C22H30N4O3S. The summed E-state index contributed by atoms with van der Waals surface area (Å²) in [5.74, 6) is 0.420. The van der Waals surface area contributed by atoms with Gasteiger partial charge in [-0.05, 0) is 36.5 Å². The van der Waals surface area contributed by atoms with E-state index in [2.05, 4.69) is 24.1 Å². The summed E-state index contributed by atoms with van der Waals surface area (Å²) in [6, 6.07) is 7.66. The number of benzene rings is 1. The maximum absolute atomic E-state index is 12.9. The zero-order valence-electron chi connectivity index (χ0n) is 17.9. The number of ether oxygens (including phenoxy) is 1. The highest BCUT2D eigenvalue weighted by atomic mass is 32.1. The van der Waals surface area contributed by atoms with Crippen LogP contribution in [0.15, 0.2) is 29.6 Å². The number of amides is 3. The van der Waals surface area contributed by atoms with Gasteiger partial charge in [0.15, 0.2) is 0 Å². The Kier molecular flexibility index (Phi) is 7.81. The van der Waals surface area contributed by atoms with Gasteiger partial charge in [0.25, 0.3) is 5.91 Å². The fraction of sp³-hybridized carbons (Fsp3) is 0.500. The van der Waals surface area contributed by atoms with Crippen molar-refractivity contribution in [3.8, 4) is 0 Å². The van der Waals surface area contributed by atoms with Crippen molar-refractivity contribution in [1.82, 2.24) is 14.8 Å². The molecule has 0 spiro atoms. The molecule has 7 nitrogen and oxygen atoms in total. The number of thiazole rings is 1. The van der Waals surface area contributed by atoms with E-state index in [0.717, 1.165) is 36.6 Å². The van der Waals surface area contributed by atoms with Crippen LogP contribution in [0, 0.1) is 0 Å². The summed E-state index contributed by atoms with van der Waals surface area (Å²) in [6.45, 7) is 7.05. The van der Waals surface area contributed by atoms with E-state index >= 15 is 0 Å². The predicted molar refractivity (Wildman–Crippen MR) is 119 cm³/mol. The van der Waals surface area contributed by atoms with Gasteiger partial charge in [-0.3, -0.25) is 4.79 Å². The first-order valence-corrected chi connectivity index (χ1v) is 11.2. The van der Waals surface area contributed by atoms with Crippen LogP contribution in [-0.2, 0) is 11.3 Å². The summed E-state index contributed by atoms with van der Waals surface area (Å²) in [5, 5.41) is 5.46. The first-order chi connectivity index (χ1) is 14.5. The van der Waals surface area contributed by atoms with Crippen LogP contribution in [0.5, 0.6) is 0 Å². The summed E-state index contributed by atoms with van der Waals surface area (Å²) in [7, 11) is 1.61. The lowest BCUT2D eigenvalue weighted by Crippen LogP contribution is -2.37. The van der Waals surface area contributed by atoms with Crippen molar-refractivity contribution in [3.05, 3.63) is 45.9 Å². The van der Waals surface area contributed by atoms with E-state index in [1.54, 1.807) is 17.4 Å². The van der Waals surface area contributed by atoms with Crippen molar-refractivity contribution in [2.75, 3.05) is 38.7 Å². The standard InChI is InChI=1S/C22H30N4O3S/c1-16(2)17-6-8-18(9-7-17)23-22(28)26(12-13-29-3)14-20-24-19(15-30-20)21(27)25-10-4-5-11-25/h6-9,15-16H,4-5,10-14H2,1-3H3,(H,23,28). The molecule has 0 atom stereocenters.